The molecule has 1 rings (SSSR count). The molecule has 0 spiro atoms. The zero-order valence-corrected chi connectivity index (χ0v) is 10.1. The van der Waals surface area contributed by atoms with Crippen LogP contribution in [0.5, 0.6) is 0 Å². The summed E-state index contributed by atoms with van der Waals surface area (Å²) in [6, 6.07) is 10.2. The molecule has 0 bridgehead atoms. The highest BCUT2D eigenvalue weighted by Crippen LogP contribution is 2.10. The molecule has 16 heavy (non-hydrogen) atoms. The molecule has 0 saturated carbocycles. The van der Waals surface area contributed by atoms with Gasteiger partial charge in [0.1, 0.15) is 0 Å². The number of carbonyl (C=O) groups is 1. The lowest BCUT2D eigenvalue weighted by molar-refractivity contribution is 0.163. The van der Waals surface area contributed by atoms with E-state index in [-0.39, 0.29) is 12.1 Å². The number of benzene rings is 1. The van der Waals surface area contributed by atoms with Crippen LogP contribution in [0.25, 0.3) is 0 Å². The van der Waals surface area contributed by atoms with Crippen molar-refractivity contribution in [2.24, 2.45) is 5.92 Å². The van der Waals surface area contributed by atoms with E-state index in [9.17, 15) is 4.79 Å². The first-order valence-corrected chi connectivity index (χ1v) is 5.52. The third-order valence-electron chi connectivity index (χ3n) is 2.59. The number of carbonyl (C=O) groups excluding carboxylic acids is 1. The van der Waals surface area contributed by atoms with E-state index in [1.807, 2.05) is 18.2 Å². The van der Waals surface area contributed by atoms with Crippen LogP contribution in [0.15, 0.2) is 30.3 Å². The third-order valence-corrected chi connectivity index (χ3v) is 2.59. The minimum atomic E-state index is -0.366. The van der Waals surface area contributed by atoms with Gasteiger partial charge in [-0.25, -0.2) is 4.79 Å². The van der Waals surface area contributed by atoms with Crippen LogP contribution in [-0.2, 0) is 11.2 Å². The lowest BCUT2D eigenvalue weighted by atomic mass is 9.97. The second-order valence-corrected chi connectivity index (χ2v) is 4.18. The highest BCUT2D eigenvalue weighted by Gasteiger charge is 2.16. The van der Waals surface area contributed by atoms with Crippen molar-refractivity contribution in [1.82, 2.24) is 5.32 Å². The summed E-state index contributed by atoms with van der Waals surface area (Å²) in [7, 11) is 1.38. The van der Waals surface area contributed by atoms with E-state index in [1.165, 1.54) is 12.7 Å². The van der Waals surface area contributed by atoms with Crippen LogP contribution in [0.4, 0.5) is 4.79 Å². The lowest BCUT2D eigenvalue weighted by Crippen LogP contribution is -2.40. The van der Waals surface area contributed by atoms with E-state index in [1.54, 1.807) is 0 Å². The maximum Gasteiger partial charge on any atom is 0.407 e. The van der Waals surface area contributed by atoms with Gasteiger partial charge in [0.05, 0.1) is 7.11 Å². The fourth-order valence-electron chi connectivity index (χ4n) is 1.53. The molecule has 1 N–H and O–H groups in total. The number of hydrogen-bond donors (Lipinski definition) is 1. The number of rotatable bonds is 4. The second-order valence-electron chi connectivity index (χ2n) is 4.18. The third kappa shape index (κ3) is 3.93. The molecule has 1 aromatic carbocycles. The number of amides is 1. The van der Waals surface area contributed by atoms with Crippen LogP contribution in [0.1, 0.15) is 19.4 Å². The van der Waals surface area contributed by atoms with Gasteiger partial charge in [0.15, 0.2) is 0 Å². The summed E-state index contributed by atoms with van der Waals surface area (Å²) >= 11 is 0. The van der Waals surface area contributed by atoms with Crippen molar-refractivity contribution >= 4 is 6.09 Å². The van der Waals surface area contributed by atoms with Crippen molar-refractivity contribution in [2.75, 3.05) is 7.11 Å². The largest absolute Gasteiger partial charge is 0.453 e. The van der Waals surface area contributed by atoms with Crippen molar-refractivity contribution in [3.63, 3.8) is 0 Å². The molecule has 1 atom stereocenters. The molecule has 3 nitrogen and oxygen atoms in total. The van der Waals surface area contributed by atoms with E-state index in [0.29, 0.717) is 5.92 Å². The van der Waals surface area contributed by atoms with E-state index in [0.717, 1.165) is 6.42 Å². The molecule has 0 fully saturated rings. The summed E-state index contributed by atoms with van der Waals surface area (Å²) in [5, 5.41) is 2.85. The topological polar surface area (TPSA) is 38.3 Å². The Hall–Kier alpha value is -1.51. The fraction of sp³-hybridized carbons (Fsp3) is 0.462. The summed E-state index contributed by atoms with van der Waals surface area (Å²) in [5.74, 6) is 0.374. The number of alkyl carbamates (subject to hydrolysis) is 1. The van der Waals surface area contributed by atoms with Gasteiger partial charge in [0.25, 0.3) is 0 Å². The quantitative estimate of drug-likeness (QED) is 0.848. The zero-order valence-electron chi connectivity index (χ0n) is 10.1. The molecule has 0 heterocycles. The molecule has 1 aromatic rings. The van der Waals surface area contributed by atoms with E-state index < -0.39 is 0 Å². The molecule has 0 aliphatic heterocycles. The number of methoxy groups -OCH3 is 1. The zero-order chi connectivity index (χ0) is 12.0. The molecular formula is C13H19NO2. The van der Waals surface area contributed by atoms with Gasteiger partial charge in [0, 0.05) is 6.04 Å². The van der Waals surface area contributed by atoms with Gasteiger partial charge in [-0.05, 0) is 17.9 Å². The Labute approximate surface area is 96.8 Å². The Balaban J connectivity index is 2.62. The van der Waals surface area contributed by atoms with Crippen LogP contribution in [0, 0.1) is 5.92 Å². The van der Waals surface area contributed by atoms with E-state index in [2.05, 4.69) is 36.0 Å². The maximum atomic E-state index is 11.2. The Morgan fingerprint density at radius 3 is 2.44 bits per heavy atom. The van der Waals surface area contributed by atoms with Gasteiger partial charge in [-0.1, -0.05) is 44.2 Å². The van der Waals surface area contributed by atoms with Crippen molar-refractivity contribution in [3.8, 4) is 0 Å². The second kappa shape index (κ2) is 6.16. The minimum Gasteiger partial charge on any atom is -0.453 e. The lowest BCUT2D eigenvalue weighted by Gasteiger charge is -2.21. The summed E-state index contributed by atoms with van der Waals surface area (Å²) < 4.78 is 4.62. The number of nitrogens with one attached hydrogen (secondary N) is 1. The average Bonchev–Trinajstić information content (AvgIpc) is 2.29. The van der Waals surface area contributed by atoms with Crippen LogP contribution in [0.2, 0.25) is 0 Å². The minimum absolute atomic E-state index is 0.106. The van der Waals surface area contributed by atoms with Gasteiger partial charge < -0.3 is 10.1 Å². The first-order chi connectivity index (χ1) is 7.63. The predicted octanol–water partition coefficient (Wildman–Crippen LogP) is 2.61. The normalized spacial score (nSPS) is 12.2. The molecule has 0 unspecified atom stereocenters. The maximum absolute atomic E-state index is 11.2. The Morgan fingerprint density at radius 2 is 1.94 bits per heavy atom. The first-order valence-electron chi connectivity index (χ1n) is 5.52. The van der Waals surface area contributed by atoms with Gasteiger partial charge in [-0.3, -0.25) is 0 Å². The van der Waals surface area contributed by atoms with Crippen LogP contribution < -0.4 is 5.32 Å². The molecule has 0 aliphatic carbocycles. The summed E-state index contributed by atoms with van der Waals surface area (Å²) in [5.41, 5.74) is 1.22. The molecule has 0 aromatic heterocycles. The van der Waals surface area contributed by atoms with Crippen molar-refractivity contribution < 1.29 is 9.53 Å². The predicted molar refractivity (Wildman–Crippen MR) is 64.3 cm³/mol. The average molecular weight is 221 g/mol. The summed E-state index contributed by atoms with van der Waals surface area (Å²) in [6.45, 7) is 4.17. The van der Waals surface area contributed by atoms with E-state index in [4.69, 9.17) is 0 Å². The molecule has 88 valence electrons. The van der Waals surface area contributed by atoms with Crippen LogP contribution in [-0.4, -0.2) is 19.2 Å². The van der Waals surface area contributed by atoms with Gasteiger partial charge in [0.2, 0.25) is 0 Å². The van der Waals surface area contributed by atoms with Crippen molar-refractivity contribution in [3.05, 3.63) is 35.9 Å². The van der Waals surface area contributed by atoms with Gasteiger partial charge >= 0.3 is 6.09 Å². The molecule has 0 radical (unpaired) electrons. The highest BCUT2D eigenvalue weighted by molar-refractivity contribution is 5.67. The fourth-order valence-corrected chi connectivity index (χ4v) is 1.53. The Bertz CT molecular complexity index is 322. The Morgan fingerprint density at radius 1 is 1.31 bits per heavy atom. The standard InChI is InChI=1S/C13H19NO2/c1-10(2)12(14-13(15)16-3)9-11-7-5-4-6-8-11/h4-8,10,12H,9H2,1-3H3,(H,14,15)/t12-/m1/s1. The molecule has 3 heteroatoms. The monoisotopic (exact) mass is 221 g/mol. The van der Waals surface area contributed by atoms with Crippen LogP contribution in [0.3, 0.4) is 0 Å². The first kappa shape index (κ1) is 12.6. The number of hydrogen-bond acceptors (Lipinski definition) is 2. The Kier molecular flexibility index (Phi) is 4.83. The summed E-state index contributed by atoms with van der Waals surface area (Å²) in [4.78, 5) is 11.2. The SMILES string of the molecule is COC(=O)N[C@H](Cc1ccccc1)C(C)C. The highest BCUT2D eigenvalue weighted by atomic mass is 16.5. The molecule has 1 amide bonds. The molecular weight excluding hydrogens is 202 g/mol. The van der Waals surface area contributed by atoms with Crippen molar-refractivity contribution in [1.29, 1.82) is 0 Å². The molecule has 0 aliphatic rings. The molecule has 0 saturated heterocycles. The van der Waals surface area contributed by atoms with Gasteiger partial charge in [-0.15, -0.1) is 0 Å². The summed E-state index contributed by atoms with van der Waals surface area (Å²) in [6.07, 6.45) is 0.461. The van der Waals surface area contributed by atoms with Crippen LogP contribution >= 0.6 is 0 Å². The van der Waals surface area contributed by atoms with Crippen molar-refractivity contribution in [2.45, 2.75) is 26.3 Å². The smallest absolute Gasteiger partial charge is 0.407 e. The van der Waals surface area contributed by atoms with Gasteiger partial charge in [-0.2, -0.15) is 0 Å². The van der Waals surface area contributed by atoms with E-state index >= 15 is 0 Å². The number of ether oxygens (including phenoxy) is 1.